The van der Waals surface area contributed by atoms with Crippen LogP contribution >= 0.6 is 0 Å². The first-order chi connectivity index (χ1) is 18.9. The van der Waals surface area contributed by atoms with Gasteiger partial charge < -0.3 is 10.8 Å². The maximum atomic E-state index is 12.4. The smallest absolute Gasteiger partial charge is 0.270 e. The highest BCUT2D eigenvalue weighted by molar-refractivity contribution is 7.86. The molecule has 11 unspecified atom stereocenters. The Morgan fingerprint density at radius 3 is 1.98 bits per heavy atom. The van der Waals surface area contributed by atoms with Gasteiger partial charge in [-0.2, -0.15) is 37.3 Å². The van der Waals surface area contributed by atoms with Gasteiger partial charge in [-0.1, -0.05) is 19.3 Å². The van der Waals surface area contributed by atoms with Crippen molar-refractivity contribution in [3.05, 3.63) is 0 Å². The van der Waals surface area contributed by atoms with E-state index in [9.17, 15) is 31.0 Å². The minimum absolute atomic E-state index is 0.0254. The highest BCUT2D eigenvalue weighted by atomic mass is 32.2. The summed E-state index contributed by atoms with van der Waals surface area (Å²) >= 11 is 0. The summed E-state index contributed by atoms with van der Waals surface area (Å²) in [6, 6.07) is -1.42. The molecular formula is C26H45N5O7S2. The Hall–Kier alpha value is -1.06. The number of aliphatic hydroxyl groups is 1. The van der Waals surface area contributed by atoms with Gasteiger partial charge in [-0.15, -0.1) is 0 Å². The van der Waals surface area contributed by atoms with Gasteiger partial charge in [0.1, 0.15) is 11.3 Å². The first-order valence-corrected chi connectivity index (χ1v) is 18.1. The lowest BCUT2D eigenvalue weighted by atomic mass is 9.66. The second kappa shape index (κ2) is 12.3. The lowest BCUT2D eigenvalue weighted by Crippen LogP contribution is -2.55. The molecule has 11 atom stereocenters. The van der Waals surface area contributed by atoms with E-state index in [4.69, 9.17) is 10.8 Å². The molecule has 0 aromatic heterocycles. The molecule has 5 fully saturated rings. The molecule has 0 aromatic carbocycles. The van der Waals surface area contributed by atoms with Crippen molar-refractivity contribution in [3.63, 3.8) is 0 Å². The molecule has 0 heterocycles. The second-order valence-corrected chi connectivity index (χ2v) is 16.3. The Kier molecular flexibility index (Phi) is 9.33. The Labute approximate surface area is 237 Å². The van der Waals surface area contributed by atoms with Gasteiger partial charge in [0.25, 0.3) is 20.2 Å². The lowest BCUT2D eigenvalue weighted by Gasteiger charge is -2.46. The SMILES string of the molecule is NC1CCC2CC(S(=O)(=O)O)C(N=NC3CCC(N=NC4CCCCC4)C4CCC(S(=O)(=O)O)CC34)C(O)C2C1. The fourth-order valence-electron chi connectivity index (χ4n) is 8.34. The van der Waals surface area contributed by atoms with E-state index in [0.717, 1.165) is 32.1 Å². The van der Waals surface area contributed by atoms with Crippen molar-refractivity contribution in [2.75, 3.05) is 0 Å². The largest absolute Gasteiger partial charge is 0.390 e. The van der Waals surface area contributed by atoms with Crippen LogP contribution in [0.2, 0.25) is 0 Å². The number of hydrogen-bond donors (Lipinski definition) is 4. The zero-order valence-electron chi connectivity index (χ0n) is 23.0. The fraction of sp³-hybridized carbons (Fsp3) is 1.00. The number of nitrogens with two attached hydrogens (primary N) is 1. The summed E-state index contributed by atoms with van der Waals surface area (Å²) in [6.45, 7) is 0. The number of fused-ring (bicyclic) bond motifs is 2. The third-order valence-corrected chi connectivity index (χ3v) is 13.1. The Morgan fingerprint density at radius 1 is 0.625 bits per heavy atom. The molecule has 12 nitrogen and oxygen atoms in total. The zero-order chi connectivity index (χ0) is 28.7. The molecule has 0 spiro atoms. The molecule has 40 heavy (non-hydrogen) atoms. The van der Waals surface area contributed by atoms with E-state index in [2.05, 4.69) is 15.3 Å². The van der Waals surface area contributed by atoms with Crippen molar-refractivity contribution in [2.24, 2.45) is 49.9 Å². The summed E-state index contributed by atoms with van der Waals surface area (Å²) < 4.78 is 68.7. The number of rotatable bonds is 6. The molecule has 0 aliphatic heterocycles. The van der Waals surface area contributed by atoms with E-state index < -0.39 is 48.9 Å². The third kappa shape index (κ3) is 6.77. The van der Waals surface area contributed by atoms with Gasteiger partial charge in [-0.25, -0.2) is 0 Å². The van der Waals surface area contributed by atoms with Crippen LogP contribution in [0.1, 0.15) is 89.9 Å². The van der Waals surface area contributed by atoms with Gasteiger partial charge in [0.05, 0.1) is 29.5 Å². The summed E-state index contributed by atoms with van der Waals surface area (Å²) in [5, 5.41) is 27.5. The van der Waals surface area contributed by atoms with Gasteiger partial charge in [-0.3, -0.25) is 9.11 Å². The highest BCUT2D eigenvalue weighted by Gasteiger charge is 2.51. The van der Waals surface area contributed by atoms with Gasteiger partial charge >= 0.3 is 0 Å². The normalized spacial score (nSPS) is 44.0. The number of azo groups is 2. The molecule has 14 heteroatoms. The standard InChI is InChI=1S/C26H45N5O7S2/c27-16-7-6-15-12-24(40(36,37)38)25(26(32)20(15)13-16)31-30-23-11-10-22(29-28-17-4-2-1-3-5-17)19-9-8-18(14-21(19)23)39(33,34)35/h15-26,32H,1-14,27H2,(H,33,34,35)(H,36,37,38). The van der Waals surface area contributed by atoms with Crippen LogP contribution in [-0.4, -0.2) is 77.9 Å². The molecule has 5 saturated carbocycles. The molecule has 5 N–H and O–H groups in total. The average Bonchev–Trinajstić information content (AvgIpc) is 2.91. The van der Waals surface area contributed by atoms with E-state index in [1.54, 1.807) is 0 Å². The molecule has 5 aliphatic rings. The van der Waals surface area contributed by atoms with Crippen molar-refractivity contribution >= 4 is 20.2 Å². The van der Waals surface area contributed by atoms with Crippen LogP contribution < -0.4 is 5.73 Å². The minimum Gasteiger partial charge on any atom is -0.390 e. The Morgan fingerprint density at radius 2 is 1.30 bits per heavy atom. The monoisotopic (exact) mass is 603 g/mol. The molecular weight excluding hydrogens is 558 g/mol. The number of aliphatic hydroxyl groups excluding tert-OH is 1. The van der Waals surface area contributed by atoms with Gasteiger partial charge in [0, 0.05) is 6.04 Å². The van der Waals surface area contributed by atoms with Crippen LogP contribution in [0.3, 0.4) is 0 Å². The molecule has 0 bridgehead atoms. The topological polar surface area (TPSA) is 204 Å². The van der Waals surface area contributed by atoms with Gasteiger partial charge in [0.15, 0.2) is 0 Å². The molecule has 5 aliphatic carbocycles. The minimum atomic E-state index is -4.49. The maximum Gasteiger partial charge on any atom is 0.270 e. The van der Waals surface area contributed by atoms with Crippen molar-refractivity contribution < 1.29 is 31.0 Å². The van der Waals surface area contributed by atoms with Gasteiger partial charge in [0.2, 0.25) is 0 Å². The quantitative estimate of drug-likeness (QED) is 0.260. The van der Waals surface area contributed by atoms with Crippen LogP contribution in [0, 0.1) is 23.7 Å². The summed E-state index contributed by atoms with van der Waals surface area (Å²) in [5.74, 6) is -0.476. The Bertz CT molecular complexity index is 1160. The maximum absolute atomic E-state index is 12.4. The molecule has 0 radical (unpaired) electrons. The fourth-order valence-corrected chi connectivity index (χ4v) is 10.3. The van der Waals surface area contributed by atoms with E-state index in [-0.39, 0.29) is 54.6 Å². The highest BCUT2D eigenvalue weighted by Crippen LogP contribution is 2.47. The second-order valence-electron chi connectivity index (χ2n) is 13.0. The van der Waals surface area contributed by atoms with Crippen LogP contribution in [0.5, 0.6) is 0 Å². The molecule has 228 valence electrons. The number of nitrogens with zero attached hydrogens (tertiary/aromatic N) is 4. The van der Waals surface area contributed by atoms with E-state index in [0.29, 0.717) is 38.5 Å². The van der Waals surface area contributed by atoms with Gasteiger partial charge in [-0.05, 0) is 94.3 Å². The predicted octanol–water partition coefficient (Wildman–Crippen LogP) is 3.56. The van der Waals surface area contributed by atoms with Crippen molar-refractivity contribution in [2.45, 2.75) is 137 Å². The zero-order valence-corrected chi connectivity index (χ0v) is 24.6. The lowest BCUT2D eigenvalue weighted by molar-refractivity contribution is -0.00963. The first kappa shape index (κ1) is 30.4. The summed E-state index contributed by atoms with van der Waals surface area (Å²) in [6.07, 6.45) is 9.11. The van der Waals surface area contributed by atoms with E-state index >= 15 is 0 Å². The molecule has 5 rings (SSSR count). The molecule has 0 saturated heterocycles. The first-order valence-electron chi connectivity index (χ1n) is 15.1. The third-order valence-electron chi connectivity index (χ3n) is 10.6. The summed E-state index contributed by atoms with van der Waals surface area (Å²) in [4.78, 5) is 0. The van der Waals surface area contributed by atoms with Crippen LogP contribution in [-0.2, 0) is 20.2 Å². The van der Waals surface area contributed by atoms with Crippen LogP contribution in [0.15, 0.2) is 20.5 Å². The Balaban J connectivity index is 1.37. The van der Waals surface area contributed by atoms with Crippen molar-refractivity contribution in [1.29, 1.82) is 0 Å². The molecule has 0 aromatic rings. The van der Waals surface area contributed by atoms with Crippen molar-refractivity contribution in [3.8, 4) is 0 Å². The van der Waals surface area contributed by atoms with Crippen molar-refractivity contribution in [1.82, 2.24) is 0 Å². The predicted molar refractivity (Wildman–Crippen MR) is 148 cm³/mol. The summed E-state index contributed by atoms with van der Waals surface area (Å²) in [7, 11) is -8.72. The molecule has 0 amide bonds. The average molecular weight is 604 g/mol. The number of hydrogen-bond acceptors (Lipinski definition) is 10. The van der Waals surface area contributed by atoms with Crippen LogP contribution in [0.25, 0.3) is 0 Å². The van der Waals surface area contributed by atoms with E-state index in [1.807, 2.05) is 0 Å². The van der Waals surface area contributed by atoms with E-state index in [1.165, 1.54) is 6.42 Å². The van der Waals surface area contributed by atoms with Crippen LogP contribution in [0.4, 0.5) is 0 Å². The summed E-state index contributed by atoms with van der Waals surface area (Å²) in [5.41, 5.74) is 6.15.